The van der Waals surface area contributed by atoms with Crippen molar-refractivity contribution >= 4 is 0 Å². The highest BCUT2D eigenvalue weighted by molar-refractivity contribution is 5.40. The predicted octanol–water partition coefficient (Wildman–Crippen LogP) is 5.71. The van der Waals surface area contributed by atoms with Crippen LogP contribution in [0.25, 0.3) is 0 Å². The van der Waals surface area contributed by atoms with Crippen molar-refractivity contribution < 1.29 is 9.47 Å². The zero-order chi connectivity index (χ0) is 17.5. The zero-order valence-corrected chi connectivity index (χ0v) is 16.0. The van der Waals surface area contributed by atoms with E-state index < -0.39 is 0 Å². The number of ether oxygens (including phenoxy) is 2. The molecule has 138 valence electrons. The van der Waals surface area contributed by atoms with E-state index in [4.69, 9.17) is 9.47 Å². The number of benzene rings is 1. The summed E-state index contributed by atoms with van der Waals surface area (Å²) in [7, 11) is 0. The molecule has 3 nitrogen and oxygen atoms in total. The molecule has 0 atom stereocenters. The lowest BCUT2D eigenvalue weighted by molar-refractivity contribution is 0.288. The van der Waals surface area contributed by atoms with Gasteiger partial charge in [-0.1, -0.05) is 65.4 Å². The van der Waals surface area contributed by atoms with E-state index in [1.807, 2.05) is 0 Å². The third kappa shape index (κ3) is 9.17. The molecule has 0 amide bonds. The summed E-state index contributed by atoms with van der Waals surface area (Å²) in [6, 6.07) is 6.26. The summed E-state index contributed by atoms with van der Waals surface area (Å²) in [4.78, 5) is 0. The van der Waals surface area contributed by atoms with E-state index >= 15 is 0 Å². The first-order chi connectivity index (χ1) is 11.8. The van der Waals surface area contributed by atoms with Gasteiger partial charge in [-0.3, -0.25) is 0 Å². The summed E-state index contributed by atoms with van der Waals surface area (Å²) in [6.07, 6.45) is 9.83. The third-order valence-corrected chi connectivity index (χ3v) is 4.13. The molecule has 0 unspecified atom stereocenters. The Morgan fingerprint density at radius 1 is 0.792 bits per heavy atom. The zero-order valence-electron chi connectivity index (χ0n) is 16.0. The van der Waals surface area contributed by atoms with Crippen molar-refractivity contribution in [1.29, 1.82) is 0 Å². The molecule has 0 aliphatic rings. The molecule has 0 saturated heterocycles. The highest BCUT2D eigenvalue weighted by Gasteiger charge is 2.06. The summed E-state index contributed by atoms with van der Waals surface area (Å²) in [5.41, 5.74) is 1.21. The van der Waals surface area contributed by atoms with Gasteiger partial charge in [0.1, 0.15) is 11.5 Å². The number of hydrogen-bond donors (Lipinski definition) is 1. The molecular formula is C21H37NO2. The Kier molecular flexibility index (Phi) is 12.3. The van der Waals surface area contributed by atoms with Gasteiger partial charge in [-0.15, -0.1) is 0 Å². The standard InChI is InChI=1S/C21H37NO2/c1-4-7-9-11-15-23-20-14-13-19(18-22-6-3)21(17-20)24-16-12-10-8-5-2/h13-14,17,22H,4-12,15-16,18H2,1-3H3. The second-order valence-electron chi connectivity index (χ2n) is 6.37. The van der Waals surface area contributed by atoms with Gasteiger partial charge in [0.2, 0.25) is 0 Å². The van der Waals surface area contributed by atoms with Crippen LogP contribution < -0.4 is 14.8 Å². The van der Waals surface area contributed by atoms with Gasteiger partial charge in [0.05, 0.1) is 13.2 Å². The average Bonchev–Trinajstić information content (AvgIpc) is 2.60. The van der Waals surface area contributed by atoms with Gasteiger partial charge in [-0.05, 0) is 25.5 Å². The first kappa shape index (κ1) is 20.8. The SMILES string of the molecule is CCCCCCOc1ccc(CNCC)c(OCCCCCC)c1. The van der Waals surface area contributed by atoms with Crippen molar-refractivity contribution in [2.45, 2.75) is 78.7 Å². The lowest BCUT2D eigenvalue weighted by Crippen LogP contribution is -2.13. The Morgan fingerprint density at radius 3 is 2.08 bits per heavy atom. The highest BCUT2D eigenvalue weighted by Crippen LogP contribution is 2.25. The van der Waals surface area contributed by atoms with E-state index in [2.05, 4.69) is 44.3 Å². The van der Waals surface area contributed by atoms with Crippen LogP contribution in [0, 0.1) is 0 Å². The van der Waals surface area contributed by atoms with Crippen molar-refractivity contribution in [2.75, 3.05) is 19.8 Å². The minimum absolute atomic E-state index is 0.791. The summed E-state index contributed by atoms with van der Waals surface area (Å²) in [6.45, 7) is 9.98. The Labute approximate surface area is 149 Å². The number of unbranched alkanes of at least 4 members (excludes halogenated alkanes) is 6. The molecule has 1 aromatic rings. The first-order valence-electron chi connectivity index (χ1n) is 9.91. The average molecular weight is 336 g/mol. The van der Waals surface area contributed by atoms with Crippen LogP contribution in [-0.2, 0) is 6.54 Å². The second-order valence-corrected chi connectivity index (χ2v) is 6.37. The summed E-state index contributed by atoms with van der Waals surface area (Å²) < 4.78 is 11.9. The van der Waals surface area contributed by atoms with E-state index in [1.54, 1.807) is 0 Å². The lowest BCUT2D eigenvalue weighted by Gasteiger charge is -2.14. The lowest BCUT2D eigenvalue weighted by atomic mass is 10.1. The molecule has 0 saturated carbocycles. The minimum atomic E-state index is 0.791. The Hall–Kier alpha value is -1.22. The van der Waals surface area contributed by atoms with Crippen LogP contribution in [0.2, 0.25) is 0 Å². The number of nitrogens with one attached hydrogen (secondary N) is 1. The largest absolute Gasteiger partial charge is 0.493 e. The van der Waals surface area contributed by atoms with Gasteiger partial charge >= 0.3 is 0 Å². The van der Waals surface area contributed by atoms with Crippen LogP contribution in [0.3, 0.4) is 0 Å². The van der Waals surface area contributed by atoms with Crippen LogP contribution in [0.15, 0.2) is 18.2 Å². The Morgan fingerprint density at radius 2 is 1.46 bits per heavy atom. The fourth-order valence-corrected chi connectivity index (χ4v) is 2.59. The molecule has 3 heteroatoms. The van der Waals surface area contributed by atoms with E-state index in [1.165, 1.54) is 44.1 Å². The van der Waals surface area contributed by atoms with Crippen molar-refractivity contribution in [3.63, 3.8) is 0 Å². The van der Waals surface area contributed by atoms with E-state index in [9.17, 15) is 0 Å². The fourth-order valence-electron chi connectivity index (χ4n) is 2.59. The normalized spacial score (nSPS) is 10.8. The Balaban J connectivity index is 2.52. The topological polar surface area (TPSA) is 30.5 Å². The van der Waals surface area contributed by atoms with Crippen molar-refractivity contribution in [2.24, 2.45) is 0 Å². The number of rotatable bonds is 15. The summed E-state index contributed by atoms with van der Waals surface area (Å²) >= 11 is 0. The molecular weight excluding hydrogens is 298 g/mol. The molecule has 1 N–H and O–H groups in total. The monoisotopic (exact) mass is 335 g/mol. The van der Waals surface area contributed by atoms with Crippen LogP contribution in [-0.4, -0.2) is 19.8 Å². The van der Waals surface area contributed by atoms with Crippen molar-refractivity contribution in [1.82, 2.24) is 5.32 Å². The van der Waals surface area contributed by atoms with Gasteiger partial charge in [-0.2, -0.15) is 0 Å². The van der Waals surface area contributed by atoms with E-state index in [0.29, 0.717) is 0 Å². The molecule has 24 heavy (non-hydrogen) atoms. The summed E-state index contributed by atoms with van der Waals surface area (Å²) in [5.74, 6) is 1.90. The predicted molar refractivity (Wildman–Crippen MR) is 103 cm³/mol. The maximum Gasteiger partial charge on any atom is 0.127 e. The van der Waals surface area contributed by atoms with Gasteiger partial charge in [0, 0.05) is 18.2 Å². The third-order valence-electron chi connectivity index (χ3n) is 4.13. The van der Waals surface area contributed by atoms with Crippen LogP contribution >= 0.6 is 0 Å². The minimum Gasteiger partial charge on any atom is -0.493 e. The molecule has 0 spiro atoms. The molecule has 0 aromatic heterocycles. The molecule has 0 bridgehead atoms. The molecule has 0 aliphatic carbocycles. The smallest absolute Gasteiger partial charge is 0.127 e. The fraction of sp³-hybridized carbons (Fsp3) is 0.714. The molecule has 0 heterocycles. The van der Waals surface area contributed by atoms with Gasteiger partial charge < -0.3 is 14.8 Å². The van der Waals surface area contributed by atoms with Gasteiger partial charge in [-0.25, -0.2) is 0 Å². The van der Waals surface area contributed by atoms with Gasteiger partial charge in [0.15, 0.2) is 0 Å². The van der Waals surface area contributed by atoms with Gasteiger partial charge in [0.25, 0.3) is 0 Å². The maximum atomic E-state index is 6.05. The highest BCUT2D eigenvalue weighted by atomic mass is 16.5. The quantitative estimate of drug-likeness (QED) is 0.416. The van der Waals surface area contributed by atoms with E-state index in [-0.39, 0.29) is 0 Å². The van der Waals surface area contributed by atoms with E-state index in [0.717, 1.165) is 50.6 Å². The van der Waals surface area contributed by atoms with Crippen LogP contribution in [0.1, 0.15) is 77.7 Å². The Bertz CT molecular complexity index is 420. The molecule has 1 rings (SSSR count). The number of hydrogen-bond acceptors (Lipinski definition) is 3. The maximum absolute atomic E-state index is 6.05. The molecule has 1 aromatic carbocycles. The van der Waals surface area contributed by atoms with Crippen LogP contribution in [0.5, 0.6) is 11.5 Å². The van der Waals surface area contributed by atoms with Crippen molar-refractivity contribution in [3.05, 3.63) is 23.8 Å². The first-order valence-corrected chi connectivity index (χ1v) is 9.91. The second kappa shape index (κ2) is 14.2. The van der Waals surface area contributed by atoms with Crippen LogP contribution in [0.4, 0.5) is 0 Å². The molecule has 0 radical (unpaired) electrons. The molecule has 0 fully saturated rings. The summed E-state index contributed by atoms with van der Waals surface area (Å²) in [5, 5.41) is 3.38. The van der Waals surface area contributed by atoms with Crippen molar-refractivity contribution in [3.8, 4) is 11.5 Å². The molecule has 0 aliphatic heterocycles.